The van der Waals surface area contributed by atoms with E-state index >= 15 is 0 Å². The molecule has 29 heavy (non-hydrogen) atoms. The van der Waals surface area contributed by atoms with Crippen molar-refractivity contribution in [3.05, 3.63) is 29.8 Å². The smallest absolute Gasteiger partial charge is 0.367 e. The van der Waals surface area contributed by atoms with Gasteiger partial charge in [-0.1, -0.05) is 23.9 Å². The molecule has 1 aromatic rings. The Balaban J connectivity index is 2.07. The summed E-state index contributed by atoms with van der Waals surface area (Å²) in [6.45, 7) is 5.26. The molecule has 1 aliphatic rings. The van der Waals surface area contributed by atoms with Crippen LogP contribution in [0.25, 0.3) is 0 Å². The lowest BCUT2D eigenvalue weighted by Gasteiger charge is -2.19. The summed E-state index contributed by atoms with van der Waals surface area (Å²) in [4.78, 5) is 55.7. The molecular formula is C19H21N3O6S. The van der Waals surface area contributed by atoms with Gasteiger partial charge in [0, 0.05) is 5.71 Å². The first kappa shape index (κ1) is 22.3. The summed E-state index contributed by atoms with van der Waals surface area (Å²) in [5.41, 5.74) is 0.794. The van der Waals surface area contributed by atoms with Crippen molar-refractivity contribution >= 4 is 52.1 Å². The van der Waals surface area contributed by atoms with Crippen LogP contribution in [0.4, 0.5) is 10.5 Å². The lowest BCUT2D eigenvalue weighted by molar-refractivity contribution is -0.143. The molecule has 0 fully saturated rings. The molecule has 1 aliphatic heterocycles. The molecule has 9 nitrogen and oxygen atoms in total. The highest BCUT2D eigenvalue weighted by atomic mass is 32.2. The minimum atomic E-state index is -0.919. The quantitative estimate of drug-likeness (QED) is 0.674. The van der Waals surface area contributed by atoms with E-state index in [1.807, 2.05) is 0 Å². The Morgan fingerprint density at radius 3 is 2.48 bits per heavy atom. The van der Waals surface area contributed by atoms with Crippen molar-refractivity contribution in [2.24, 2.45) is 15.9 Å². The summed E-state index contributed by atoms with van der Waals surface area (Å²) in [6, 6.07) is 5.71. The Morgan fingerprint density at radius 2 is 1.79 bits per heavy atom. The molecule has 3 amide bonds. The zero-order valence-electron chi connectivity index (χ0n) is 16.3. The fraction of sp³-hybridized carbons (Fsp3) is 0.368. The Labute approximate surface area is 172 Å². The van der Waals surface area contributed by atoms with Crippen LogP contribution in [0.15, 0.2) is 34.3 Å². The molecule has 1 unspecified atom stereocenters. The molecule has 2 rings (SSSR count). The van der Waals surface area contributed by atoms with Crippen molar-refractivity contribution in [1.29, 1.82) is 0 Å². The molecule has 10 heteroatoms. The third-order valence-electron chi connectivity index (χ3n) is 3.71. The summed E-state index contributed by atoms with van der Waals surface area (Å²) in [6.07, 6.45) is 0. The SMILES string of the molecule is CCOC(=O)c1ccccc1NC(=O)CSC1=NC(=O)N=C(C)C1C(=O)OCC. The number of rotatable bonds is 7. The zero-order valence-corrected chi connectivity index (χ0v) is 17.1. The molecule has 0 saturated carbocycles. The molecule has 0 radical (unpaired) electrons. The summed E-state index contributed by atoms with van der Waals surface area (Å²) < 4.78 is 9.98. The topological polar surface area (TPSA) is 123 Å². The Bertz CT molecular complexity index is 880. The molecule has 1 heterocycles. The number of hydrogen-bond donors (Lipinski definition) is 1. The number of para-hydroxylation sites is 1. The maximum absolute atomic E-state index is 12.4. The summed E-state index contributed by atoms with van der Waals surface area (Å²) in [7, 11) is 0. The van der Waals surface area contributed by atoms with Gasteiger partial charge >= 0.3 is 18.0 Å². The van der Waals surface area contributed by atoms with Gasteiger partial charge in [-0.2, -0.15) is 9.98 Å². The van der Waals surface area contributed by atoms with Crippen LogP contribution >= 0.6 is 11.8 Å². The van der Waals surface area contributed by atoms with E-state index < -0.39 is 29.8 Å². The second kappa shape index (κ2) is 10.5. The minimum absolute atomic E-state index is 0.132. The number of aliphatic imine (C=N–C) groups is 2. The van der Waals surface area contributed by atoms with Crippen molar-refractivity contribution in [1.82, 2.24) is 0 Å². The van der Waals surface area contributed by atoms with E-state index in [9.17, 15) is 19.2 Å². The minimum Gasteiger partial charge on any atom is -0.465 e. The Morgan fingerprint density at radius 1 is 1.10 bits per heavy atom. The van der Waals surface area contributed by atoms with Crippen molar-refractivity contribution in [3.8, 4) is 0 Å². The molecule has 0 aromatic heterocycles. The van der Waals surface area contributed by atoms with E-state index in [0.29, 0.717) is 5.69 Å². The van der Waals surface area contributed by atoms with Crippen LogP contribution < -0.4 is 5.32 Å². The van der Waals surface area contributed by atoms with E-state index in [-0.39, 0.29) is 35.3 Å². The largest absolute Gasteiger partial charge is 0.465 e. The first-order valence-corrected chi connectivity index (χ1v) is 9.89. The monoisotopic (exact) mass is 419 g/mol. The van der Waals surface area contributed by atoms with Gasteiger partial charge in [-0.15, -0.1) is 0 Å². The van der Waals surface area contributed by atoms with Crippen LogP contribution in [0.1, 0.15) is 31.1 Å². The first-order valence-electron chi connectivity index (χ1n) is 8.90. The maximum Gasteiger partial charge on any atom is 0.367 e. The summed E-state index contributed by atoms with van der Waals surface area (Å²) >= 11 is 0.938. The number of carbonyl (C=O) groups excluding carboxylic acids is 4. The Kier molecular flexibility index (Phi) is 8.08. The molecule has 1 aromatic carbocycles. The fourth-order valence-electron chi connectivity index (χ4n) is 2.50. The Hall–Kier alpha value is -3.01. The standard InChI is InChI=1S/C19H21N3O6S/c1-4-27-17(24)12-8-6-7-9-13(12)21-14(23)10-29-16-15(18(25)28-5-2)11(3)20-19(26)22-16/h6-9,15H,4-5,10H2,1-3H3,(H,21,23). The first-order chi connectivity index (χ1) is 13.9. The van der Waals surface area contributed by atoms with Crippen molar-refractivity contribution in [2.75, 3.05) is 24.3 Å². The molecule has 1 N–H and O–H groups in total. The van der Waals surface area contributed by atoms with Crippen LogP contribution in [0.2, 0.25) is 0 Å². The molecule has 0 bridgehead atoms. The highest BCUT2D eigenvalue weighted by molar-refractivity contribution is 8.14. The molecule has 0 saturated heterocycles. The molecular weight excluding hydrogens is 398 g/mol. The number of carbonyl (C=O) groups is 4. The number of ether oxygens (including phenoxy) is 2. The molecule has 1 atom stereocenters. The van der Waals surface area contributed by atoms with Crippen LogP contribution in [-0.2, 0) is 19.1 Å². The van der Waals surface area contributed by atoms with Gasteiger partial charge in [0.05, 0.1) is 35.3 Å². The van der Waals surface area contributed by atoms with Crippen LogP contribution in [0, 0.1) is 5.92 Å². The average Bonchev–Trinajstić information content (AvgIpc) is 2.66. The number of anilines is 1. The summed E-state index contributed by atoms with van der Waals surface area (Å²) in [5, 5.41) is 2.78. The second-order valence-corrected chi connectivity index (χ2v) is 6.77. The number of thioether (sulfide) groups is 1. The van der Waals surface area contributed by atoms with E-state index in [1.54, 1.807) is 38.1 Å². The van der Waals surface area contributed by atoms with Gasteiger partial charge in [0.15, 0.2) is 0 Å². The fourth-order valence-corrected chi connectivity index (χ4v) is 3.42. The van der Waals surface area contributed by atoms with Crippen molar-refractivity contribution in [3.63, 3.8) is 0 Å². The third kappa shape index (κ3) is 5.98. The van der Waals surface area contributed by atoms with E-state index in [2.05, 4.69) is 15.3 Å². The maximum atomic E-state index is 12.4. The predicted octanol–water partition coefficient (Wildman–Crippen LogP) is 2.71. The van der Waals surface area contributed by atoms with Gasteiger partial charge in [0.25, 0.3) is 0 Å². The van der Waals surface area contributed by atoms with Gasteiger partial charge in [0.2, 0.25) is 5.91 Å². The number of urea groups is 1. The van der Waals surface area contributed by atoms with Gasteiger partial charge in [-0.3, -0.25) is 9.59 Å². The van der Waals surface area contributed by atoms with Crippen LogP contribution in [-0.4, -0.2) is 53.6 Å². The number of benzene rings is 1. The predicted molar refractivity (Wildman–Crippen MR) is 110 cm³/mol. The lowest BCUT2D eigenvalue weighted by atomic mass is 10.1. The zero-order chi connectivity index (χ0) is 21.4. The number of nitrogens with zero attached hydrogens (tertiary/aromatic N) is 2. The van der Waals surface area contributed by atoms with Gasteiger partial charge in [-0.25, -0.2) is 9.59 Å². The van der Waals surface area contributed by atoms with Gasteiger partial charge in [0.1, 0.15) is 5.92 Å². The number of hydrogen-bond acceptors (Lipinski definition) is 7. The van der Waals surface area contributed by atoms with Gasteiger partial charge in [-0.05, 0) is 32.9 Å². The van der Waals surface area contributed by atoms with Crippen LogP contribution in [0.3, 0.4) is 0 Å². The van der Waals surface area contributed by atoms with E-state index in [1.165, 1.54) is 6.92 Å². The molecule has 0 spiro atoms. The average molecular weight is 419 g/mol. The van der Waals surface area contributed by atoms with E-state index in [0.717, 1.165) is 11.8 Å². The van der Waals surface area contributed by atoms with Crippen molar-refractivity contribution < 1.29 is 28.7 Å². The summed E-state index contributed by atoms with van der Waals surface area (Å²) in [5.74, 6) is -2.62. The normalized spacial score (nSPS) is 15.8. The second-order valence-electron chi connectivity index (χ2n) is 5.77. The highest BCUT2D eigenvalue weighted by Gasteiger charge is 2.33. The van der Waals surface area contributed by atoms with Gasteiger partial charge < -0.3 is 14.8 Å². The van der Waals surface area contributed by atoms with Crippen molar-refractivity contribution in [2.45, 2.75) is 20.8 Å². The number of amides is 3. The number of esters is 2. The highest BCUT2D eigenvalue weighted by Crippen LogP contribution is 2.22. The van der Waals surface area contributed by atoms with Crippen LogP contribution in [0.5, 0.6) is 0 Å². The number of nitrogens with one attached hydrogen (secondary N) is 1. The lowest BCUT2D eigenvalue weighted by Crippen LogP contribution is -2.34. The molecule has 154 valence electrons. The molecule has 0 aliphatic carbocycles. The third-order valence-corrected chi connectivity index (χ3v) is 4.74. The van der Waals surface area contributed by atoms with E-state index in [4.69, 9.17) is 9.47 Å².